The number of hydrogen-bond donors (Lipinski definition) is 1. The van der Waals surface area contributed by atoms with Crippen LogP contribution < -0.4 is 5.73 Å². The van der Waals surface area contributed by atoms with E-state index in [0.29, 0.717) is 6.04 Å². The first-order valence-corrected chi connectivity index (χ1v) is 10.5. The smallest absolute Gasteiger partial charge is 0.0476 e. The summed E-state index contributed by atoms with van der Waals surface area (Å²) in [4.78, 5) is 5.55. The summed E-state index contributed by atoms with van der Waals surface area (Å²) in [5.74, 6) is 0.935. The summed E-state index contributed by atoms with van der Waals surface area (Å²) in [5, 5.41) is 0. The van der Waals surface area contributed by atoms with Crippen molar-refractivity contribution in [1.82, 2.24) is 9.80 Å². The fraction of sp³-hybridized carbons (Fsp3) is 0.727. The maximum Gasteiger partial charge on any atom is 0.0476 e. The van der Waals surface area contributed by atoms with E-state index in [4.69, 9.17) is 5.73 Å². The lowest BCUT2D eigenvalue weighted by molar-refractivity contribution is 0.0582. The number of rotatable bonds is 5. The number of nitrogens with two attached hydrogens (primary N) is 1. The Balaban J connectivity index is 1.50. The highest BCUT2D eigenvalue weighted by atomic mass is 15.3. The Labute approximate surface area is 153 Å². The first-order chi connectivity index (χ1) is 12.2. The second kappa shape index (κ2) is 7.38. The van der Waals surface area contributed by atoms with E-state index in [1.54, 1.807) is 0 Å². The summed E-state index contributed by atoms with van der Waals surface area (Å²) >= 11 is 0. The van der Waals surface area contributed by atoms with Gasteiger partial charge < -0.3 is 5.73 Å². The Morgan fingerprint density at radius 2 is 1.84 bits per heavy atom. The average molecular weight is 342 g/mol. The summed E-state index contributed by atoms with van der Waals surface area (Å²) in [6.07, 6.45) is 9.80. The van der Waals surface area contributed by atoms with E-state index < -0.39 is 0 Å². The Kier molecular flexibility index (Phi) is 5.17. The number of benzene rings is 1. The molecule has 1 aromatic rings. The van der Waals surface area contributed by atoms with Crippen LogP contribution in [0.25, 0.3) is 0 Å². The van der Waals surface area contributed by atoms with Crippen molar-refractivity contribution in [2.75, 3.05) is 19.6 Å². The summed E-state index contributed by atoms with van der Waals surface area (Å²) < 4.78 is 0. The van der Waals surface area contributed by atoms with Gasteiger partial charge in [-0.15, -0.1) is 0 Å². The Hall–Kier alpha value is -0.900. The van der Waals surface area contributed by atoms with E-state index >= 15 is 0 Å². The fourth-order valence-corrected chi connectivity index (χ4v) is 5.99. The van der Waals surface area contributed by atoms with Crippen LogP contribution in [0.5, 0.6) is 0 Å². The van der Waals surface area contributed by atoms with Crippen LogP contribution >= 0.6 is 0 Å². The number of nitrogens with zero attached hydrogens (tertiary/aromatic N) is 2. The first kappa shape index (κ1) is 17.5. The molecule has 0 bridgehead atoms. The molecule has 3 aliphatic rings. The van der Waals surface area contributed by atoms with Crippen LogP contribution in [-0.2, 0) is 6.54 Å². The third kappa shape index (κ3) is 3.39. The van der Waals surface area contributed by atoms with Crippen molar-refractivity contribution in [3.8, 4) is 0 Å². The molecule has 3 unspecified atom stereocenters. The van der Waals surface area contributed by atoms with E-state index in [0.717, 1.165) is 31.6 Å². The summed E-state index contributed by atoms with van der Waals surface area (Å²) in [5.41, 5.74) is 8.09. The predicted molar refractivity (Wildman–Crippen MR) is 104 cm³/mol. The molecule has 0 radical (unpaired) electrons. The molecule has 1 saturated carbocycles. The number of likely N-dealkylation sites (tertiary alicyclic amines) is 2. The second-order valence-corrected chi connectivity index (χ2v) is 8.82. The van der Waals surface area contributed by atoms with Gasteiger partial charge in [-0.1, -0.05) is 43.2 Å². The highest BCUT2D eigenvalue weighted by molar-refractivity contribution is 5.16. The predicted octanol–water partition coefficient (Wildman–Crippen LogP) is 3.63. The van der Waals surface area contributed by atoms with Crippen molar-refractivity contribution in [2.24, 2.45) is 11.7 Å². The standard InChI is InChI=1S/C22H35N3/c1-18-14-22(16-23,17-24(18)15-19-8-3-2-4-9-19)25-13-7-12-21(25)20-10-5-6-11-20/h2-4,8-9,18,20-21H,5-7,10-17,23H2,1H3. The lowest BCUT2D eigenvalue weighted by Crippen LogP contribution is -2.58. The molecule has 2 aliphatic heterocycles. The zero-order valence-electron chi connectivity index (χ0n) is 15.9. The number of hydrogen-bond acceptors (Lipinski definition) is 3. The van der Waals surface area contributed by atoms with Crippen LogP contribution in [-0.4, -0.2) is 47.1 Å². The molecule has 0 spiro atoms. The third-order valence-electron chi connectivity index (χ3n) is 7.26. The van der Waals surface area contributed by atoms with Gasteiger partial charge >= 0.3 is 0 Å². The molecule has 2 saturated heterocycles. The summed E-state index contributed by atoms with van der Waals surface area (Å²) in [6, 6.07) is 12.4. The molecular formula is C22H35N3. The normalized spacial score (nSPS) is 35.0. The molecule has 3 atom stereocenters. The van der Waals surface area contributed by atoms with E-state index in [1.165, 1.54) is 57.1 Å². The van der Waals surface area contributed by atoms with Gasteiger partial charge in [-0.3, -0.25) is 9.80 Å². The van der Waals surface area contributed by atoms with E-state index in [2.05, 4.69) is 47.1 Å². The molecule has 0 aromatic heterocycles. The van der Waals surface area contributed by atoms with Gasteiger partial charge in [0.05, 0.1) is 0 Å². The zero-order chi connectivity index (χ0) is 17.3. The lowest BCUT2D eigenvalue weighted by atomic mass is 9.88. The van der Waals surface area contributed by atoms with Gasteiger partial charge in [0.2, 0.25) is 0 Å². The molecule has 0 amide bonds. The van der Waals surface area contributed by atoms with Crippen molar-refractivity contribution >= 4 is 0 Å². The van der Waals surface area contributed by atoms with Gasteiger partial charge in [-0.2, -0.15) is 0 Å². The molecule has 2 heterocycles. The zero-order valence-corrected chi connectivity index (χ0v) is 15.9. The van der Waals surface area contributed by atoms with Gasteiger partial charge in [0, 0.05) is 37.3 Å². The van der Waals surface area contributed by atoms with Gasteiger partial charge in [0.25, 0.3) is 0 Å². The molecule has 4 rings (SSSR count). The highest BCUT2D eigenvalue weighted by Crippen LogP contribution is 2.42. The Morgan fingerprint density at radius 3 is 2.56 bits per heavy atom. The molecule has 1 aliphatic carbocycles. The van der Waals surface area contributed by atoms with Crippen LogP contribution in [0, 0.1) is 5.92 Å². The molecule has 25 heavy (non-hydrogen) atoms. The van der Waals surface area contributed by atoms with E-state index in [9.17, 15) is 0 Å². The van der Waals surface area contributed by atoms with Crippen LogP contribution in [0.1, 0.15) is 57.4 Å². The van der Waals surface area contributed by atoms with Crippen LogP contribution in [0.4, 0.5) is 0 Å². The Morgan fingerprint density at radius 1 is 1.08 bits per heavy atom. The van der Waals surface area contributed by atoms with Crippen molar-refractivity contribution in [3.05, 3.63) is 35.9 Å². The largest absolute Gasteiger partial charge is 0.329 e. The molecule has 3 nitrogen and oxygen atoms in total. The van der Waals surface area contributed by atoms with Crippen LogP contribution in [0.3, 0.4) is 0 Å². The molecular weight excluding hydrogens is 306 g/mol. The SMILES string of the molecule is CC1CC(CN)(N2CCCC2C2CCCC2)CN1Cc1ccccc1. The monoisotopic (exact) mass is 341 g/mol. The quantitative estimate of drug-likeness (QED) is 0.887. The van der Waals surface area contributed by atoms with Gasteiger partial charge in [0.15, 0.2) is 0 Å². The molecule has 2 N–H and O–H groups in total. The van der Waals surface area contributed by atoms with Crippen molar-refractivity contribution in [2.45, 2.75) is 76.0 Å². The van der Waals surface area contributed by atoms with Crippen molar-refractivity contribution < 1.29 is 0 Å². The van der Waals surface area contributed by atoms with Gasteiger partial charge in [0.1, 0.15) is 0 Å². The van der Waals surface area contributed by atoms with Gasteiger partial charge in [-0.05, 0) is 57.1 Å². The second-order valence-electron chi connectivity index (χ2n) is 8.82. The maximum atomic E-state index is 6.46. The fourth-order valence-electron chi connectivity index (χ4n) is 5.99. The minimum Gasteiger partial charge on any atom is -0.329 e. The topological polar surface area (TPSA) is 32.5 Å². The summed E-state index contributed by atoms with van der Waals surface area (Å²) in [7, 11) is 0. The van der Waals surface area contributed by atoms with Crippen molar-refractivity contribution in [3.63, 3.8) is 0 Å². The van der Waals surface area contributed by atoms with E-state index in [-0.39, 0.29) is 5.54 Å². The maximum absolute atomic E-state index is 6.46. The average Bonchev–Trinajstić information content (AvgIpc) is 3.36. The van der Waals surface area contributed by atoms with Crippen LogP contribution in [0.2, 0.25) is 0 Å². The molecule has 3 heteroatoms. The van der Waals surface area contributed by atoms with Gasteiger partial charge in [-0.25, -0.2) is 0 Å². The lowest BCUT2D eigenvalue weighted by Gasteiger charge is -2.44. The van der Waals surface area contributed by atoms with E-state index in [1.807, 2.05) is 0 Å². The molecule has 1 aromatic carbocycles. The Bertz CT molecular complexity index is 554. The first-order valence-electron chi connectivity index (χ1n) is 10.5. The molecule has 3 fully saturated rings. The summed E-state index contributed by atoms with van der Waals surface area (Å²) in [6.45, 7) is 6.69. The molecule has 138 valence electrons. The minimum absolute atomic E-state index is 0.206. The highest BCUT2D eigenvalue weighted by Gasteiger charge is 2.50. The minimum atomic E-state index is 0.206. The van der Waals surface area contributed by atoms with Crippen LogP contribution in [0.15, 0.2) is 30.3 Å². The third-order valence-corrected chi connectivity index (χ3v) is 7.26. The van der Waals surface area contributed by atoms with Crippen molar-refractivity contribution in [1.29, 1.82) is 0 Å².